The van der Waals surface area contributed by atoms with Crippen LogP contribution < -0.4 is 16.0 Å². The predicted octanol–water partition coefficient (Wildman–Crippen LogP) is 1.91. The van der Waals surface area contributed by atoms with Crippen molar-refractivity contribution in [2.24, 2.45) is 4.99 Å². The summed E-state index contributed by atoms with van der Waals surface area (Å²) in [7, 11) is 1.73. The third-order valence-corrected chi connectivity index (χ3v) is 3.80. The van der Waals surface area contributed by atoms with Gasteiger partial charge in [0, 0.05) is 26.7 Å². The molecule has 0 saturated heterocycles. The van der Waals surface area contributed by atoms with Crippen LogP contribution in [0.15, 0.2) is 41.9 Å². The monoisotopic (exact) mass is 401 g/mol. The fraction of sp³-hybridized carbons (Fsp3) is 0.500. The Kier molecular flexibility index (Phi) is 8.45. The summed E-state index contributed by atoms with van der Waals surface area (Å²) < 4.78 is 6.99. The molecule has 1 aromatic carbocycles. The molecule has 0 aliphatic heterocycles. The normalized spacial score (nSPS) is 11.8. The Bertz CT molecular complexity index is 782. The molecule has 1 heterocycles. The molecule has 0 bridgehead atoms. The van der Waals surface area contributed by atoms with Crippen molar-refractivity contribution < 1.29 is 9.53 Å². The van der Waals surface area contributed by atoms with Gasteiger partial charge in [-0.15, -0.1) is 0 Å². The maximum absolute atomic E-state index is 11.6. The van der Waals surface area contributed by atoms with E-state index in [1.54, 1.807) is 18.1 Å². The lowest BCUT2D eigenvalue weighted by Gasteiger charge is -2.19. The van der Waals surface area contributed by atoms with Crippen LogP contribution >= 0.6 is 0 Å². The first kappa shape index (κ1) is 22.2. The Hall–Kier alpha value is -3.10. The quantitative estimate of drug-likeness (QED) is 0.354. The van der Waals surface area contributed by atoms with Crippen molar-refractivity contribution in [2.75, 3.05) is 20.1 Å². The first-order chi connectivity index (χ1) is 13.9. The molecule has 0 spiro atoms. The van der Waals surface area contributed by atoms with E-state index in [2.05, 4.69) is 49.2 Å². The van der Waals surface area contributed by atoms with Gasteiger partial charge < -0.3 is 20.7 Å². The lowest BCUT2D eigenvalue weighted by Crippen LogP contribution is -2.39. The Balaban J connectivity index is 1.68. The highest BCUT2D eigenvalue weighted by molar-refractivity contribution is 5.79. The number of benzene rings is 1. The van der Waals surface area contributed by atoms with Crippen molar-refractivity contribution in [1.82, 2.24) is 30.7 Å². The van der Waals surface area contributed by atoms with Gasteiger partial charge in [-0.3, -0.25) is 4.99 Å². The van der Waals surface area contributed by atoms with E-state index in [0.29, 0.717) is 32.1 Å². The predicted molar refractivity (Wildman–Crippen MR) is 113 cm³/mol. The number of guanidine groups is 1. The van der Waals surface area contributed by atoms with Crippen molar-refractivity contribution in [3.8, 4) is 0 Å². The maximum atomic E-state index is 11.6. The Morgan fingerprint density at radius 3 is 2.62 bits per heavy atom. The number of ether oxygens (including phenoxy) is 1. The van der Waals surface area contributed by atoms with Crippen LogP contribution in [-0.4, -0.2) is 52.6 Å². The number of aromatic nitrogens is 3. The highest BCUT2D eigenvalue weighted by atomic mass is 16.6. The van der Waals surface area contributed by atoms with Crippen molar-refractivity contribution in [3.05, 3.63) is 48.0 Å². The minimum absolute atomic E-state index is 0.397. The van der Waals surface area contributed by atoms with E-state index < -0.39 is 11.7 Å². The molecule has 1 amide bonds. The summed E-state index contributed by atoms with van der Waals surface area (Å²) in [5.74, 6) is 0.712. The average molecular weight is 402 g/mol. The number of alkyl carbamates (subject to hydrolysis) is 1. The van der Waals surface area contributed by atoms with Crippen molar-refractivity contribution >= 4 is 12.1 Å². The van der Waals surface area contributed by atoms with Gasteiger partial charge in [0.25, 0.3) is 0 Å². The van der Waals surface area contributed by atoms with Crippen LogP contribution in [0.3, 0.4) is 0 Å². The molecule has 158 valence electrons. The third kappa shape index (κ3) is 9.09. The van der Waals surface area contributed by atoms with Gasteiger partial charge in [0.05, 0.1) is 6.54 Å². The van der Waals surface area contributed by atoms with E-state index in [1.807, 2.05) is 26.8 Å². The molecule has 0 atom stereocenters. The number of carbonyl (C=O) groups is 1. The zero-order chi connectivity index (χ0) is 21.1. The van der Waals surface area contributed by atoms with Gasteiger partial charge in [-0.05, 0) is 38.3 Å². The molecular formula is C20H31N7O2. The Labute approximate surface area is 172 Å². The highest BCUT2D eigenvalue weighted by Gasteiger charge is 2.15. The number of amides is 1. The number of rotatable bonds is 8. The van der Waals surface area contributed by atoms with E-state index in [1.165, 1.54) is 6.33 Å². The molecule has 9 nitrogen and oxygen atoms in total. The second-order valence-corrected chi connectivity index (χ2v) is 7.55. The highest BCUT2D eigenvalue weighted by Crippen LogP contribution is 2.07. The van der Waals surface area contributed by atoms with Crippen molar-refractivity contribution in [3.63, 3.8) is 0 Å². The van der Waals surface area contributed by atoms with Crippen LogP contribution in [0.5, 0.6) is 0 Å². The number of nitrogens with zero attached hydrogens (tertiary/aromatic N) is 4. The molecule has 2 rings (SSSR count). The summed E-state index contributed by atoms with van der Waals surface area (Å²) in [5.41, 5.74) is 1.82. The summed E-state index contributed by atoms with van der Waals surface area (Å²) in [6, 6.07) is 8.29. The van der Waals surface area contributed by atoms with Gasteiger partial charge in [-0.25, -0.2) is 14.5 Å². The maximum Gasteiger partial charge on any atom is 0.407 e. The zero-order valence-electron chi connectivity index (χ0n) is 17.6. The summed E-state index contributed by atoms with van der Waals surface area (Å²) in [5, 5.41) is 13.4. The van der Waals surface area contributed by atoms with E-state index in [0.717, 1.165) is 17.5 Å². The standard InChI is InChI=1S/C20H31N7O2/c1-20(2,3)29-19(28)24-10-6-9-23-18(21-4)25-12-16-7-5-8-17(11-16)13-27-15-22-14-26-27/h5,7-8,11,14-15H,6,9-10,12-13H2,1-4H3,(H,24,28)(H2,21,23,25). The van der Waals surface area contributed by atoms with E-state index >= 15 is 0 Å². The van der Waals surface area contributed by atoms with E-state index in [9.17, 15) is 4.79 Å². The Morgan fingerprint density at radius 1 is 1.17 bits per heavy atom. The molecule has 0 saturated carbocycles. The summed E-state index contributed by atoms with van der Waals surface area (Å²) in [4.78, 5) is 19.8. The van der Waals surface area contributed by atoms with Gasteiger partial charge in [0.2, 0.25) is 0 Å². The largest absolute Gasteiger partial charge is 0.444 e. The molecular weight excluding hydrogens is 370 g/mol. The number of nitrogens with one attached hydrogen (secondary N) is 3. The van der Waals surface area contributed by atoms with Gasteiger partial charge in [0.1, 0.15) is 18.3 Å². The van der Waals surface area contributed by atoms with E-state index in [4.69, 9.17) is 4.74 Å². The van der Waals surface area contributed by atoms with Crippen LogP contribution in [0.2, 0.25) is 0 Å². The van der Waals surface area contributed by atoms with E-state index in [-0.39, 0.29) is 0 Å². The number of aliphatic imine (C=N–C) groups is 1. The summed E-state index contributed by atoms with van der Waals surface area (Å²) >= 11 is 0. The fourth-order valence-electron chi connectivity index (χ4n) is 2.55. The van der Waals surface area contributed by atoms with Crippen LogP contribution in [-0.2, 0) is 17.8 Å². The lowest BCUT2D eigenvalue weighted by molar-refractivity contribution is 0.0527. The molecule has 3 N–H and O–H groups in total. The van der Waals surface area contributed by atoms with Crippen LogP contribution in [0.4, 0.5) is 4.79 Å². The van der Waals surface area contributed by atoms with Gasteiger partial charge in [-0.1, -0.05) is 24.3 Å². The summed E-state index contributed by atoms with van der Waals surface area (Å²) in [6.07, 6.45) is 3.59. The first-order valence-electron chi connectivity index (χ1n) is 9.67. The number of hydrogen-bond acceptors (Lipinski definition) is 5. The van der Waals surface area contributed by atoms with Crippen LogP contribution in [0, 0.1) is 0 Å². The topological polar surface area (TPSA) is 105 Å². The summed E-state index contributed by atoms with van der Waals surface area (Å²) in [6.45, 7) is 8.08. The molecule has 29 heavy (non-hydrogen) atoms. The molecule has 9 heteroatoms. The minimum atomic E-state index is -0.485. The third-order valence-electron chi connectivity index (χ3n) is 3.80. The average Bonchev–Trinajstić information content (AvgIpc) is 3.16. The number of carbonyl (C=O) groups excluding carboxylic acids is 1. The first-order valence-corrected chi connectivity index (χ1v) is 9.67. The Morgan fingerprint density at radius 2 is 1.93 bits per heavy atom. The van der Waals surface area contributed by atoms with Crippen LogP contribution in [0.1, 0.15) is 38.3 Å². The minimum Gasteiger partial charge on any atom is -0.444 e. The van der Waals surface area contributed by atoms with Crippen LogP contribution in [0.25, 0.3) is 0 Å². The molecule has 0 aliphatic carbocycles. The smallest absolute Gasteiger partial charge is 0.407 e. The molecule has 0 aliphatic rings. The molecule has 0 fully saturated rings. The second kappa shape index (κ2) is 11.0. The number of hydrogen-bond donors (Lipinski definition) is 3. The molecule has 1 aromatic heterocycles. The second-order valence-electron chi connectivity index (χ2n) is 7.55. The van der Waals surface area contributed by atoms with Gasteiger partial charge in [-0.2, -0.15) is 5.10 Å². The van der Waals surface area contributed by atoms with Gasteiger partial charge in [0.15, 0.2) is 5.96 Å². The van der Waals surface area contributed by atoms with Crippen molar-refractivity contribution in [2.45, 2.75) is 45.9 Å². The fourth-order valence-corrected chi connectivity index (χ4v) is 2.55. The zero-order valence-corrected chi connectivity index (χ0v) is 17.6. The molecule has 0 radical (unpaired) electrons. The SMILES string of the molecule is CN=C(NCCCNC(=O)OC(C)(C)C)NCc1cccc(Cn2cncn2)c1. The van der Waals surface area contributed by atoms with Gasteiger partial charge >= 0.3 is 6.09 Å². The van der Waals surface area contributed by atoms with Crippen molar-refractivity contribution in [1.29, 1.82) is 0 Å². The lowest BCUT2D eigenvalue weighted by atomic mass is 10.1. The molecule has 2 aromatic rings. The molecule has 0 unspecified atom stereocenters.